The van der Waals surface area contributed by atoms with Crippen LogP contribution in [0.1, 0.15) is 65.7 Å². The molecule has 3 nitrogen and oxygen atoms in total. The molecule has 1 aliphatic carbocycles. The molecule has 2 rings (SSSR count). The number of likely N-dealkylation sites (N-methyl/N-ethyl adjacent to an activating group) is 1. The number of hydrogen-bond acceptors (Lipinski definition) is 2. The van der Waals surface area contributed by atoms with E-state index >= 15 is 0 Å². The second-order valence-corrected chi connectivity index (χ2v) is 6.84. The summed E-state index contributed by atoms with van der Waals surface area (Å²) in [5.41, 5.74) is 0. The predicted octanol–water partition coefficient (Wildman–Crippen LogP) is 3.19. The van der Waals surface area contributed by atoms with Crippen molar-refractivity contribution in [3.05, 3.63) is 0 Å². The van der Waals surface area contributed by atoms with Gasteiger partial charge in [0.15, 0.2) is 0 Å². The Balaban J connectivity index is 1.90. The van der Waals surface area contributed by atoms with Crippen LogP contribution in [-0.4, -0.2) is 36.0 Å². The molecule has 0 aromatic rings. The lowest BCUT2D eigenvalue weighted by Gasteiger charge is -2.41. The van der Waals surface area contributed by atoms with Crippen LogP contribution >= 0.6 is 0 Å². The standard InChI is InChI=1S/C17H32N2O/c1-4-13(3)12-19(5-2)17(20)16-11-10-14-8-6-7-9-15(14)18-16/h13-16,18H,4-12H2,1-3H3. The summed E-state index contributed by atoms with van der Waals surface area (Å²) in [6, 6.07) is 0.687. The summed E-state index contributed by atoms with van der Waals surface area (Å²) in [6.45, 7) is 8.30. The molecule has 0 radical (unpaired) electrons. The minimum Gasteiger partial charge on any atom is -0.341 e. The number of rotatable bonds is 5. The lowest BCUT2D eigenvalue weighted by molar-refractivity contribution is -0.135. The fraction of sp³-hybridized carbons (Fsp3) is 0.941. The first kappa shape index (κ1) is 15.8. The van der Waals surface area contributed by atoms with Crippen LogP contribution < -0.4 is 5.32 Å². The fourth-order valence-electron chi connectivity index (χ4n) is 3.79. The van der Waals surface area contributed by atoms with Crippen molar-refractivity contribution in [3.8, 4) is 0 Å². The Morgan fingerprint density at radius 2 is 1.95 bits per heavy atom. The van der Waals surface area contributed by atoms with Gasteiger partial charge in [-0.3, -0.25) is 4.79 Å². The molecule has 2 aliphatic rings. The highest BCUT2D eigenvalue weighted by Crippen LogP contribution is 2.32. The molecular formula is C17H32N2O. The average Bonchev–Trinajstić information content (AvgIpc) is 2.51. The summed E-state index contributed by atoms with van der Waals surface area (Å²) in [7, 11) is 0. The lowest BCUT2D eigenvalue weighted by atomic mass is 9.77. The summed E-state index contributed by atoms with van der Waals surface area (Å²) in [5, 5.41) is 3.67. The van der Waals surface area contributed by atoms with Gasteiger partial charge in [0.05, 0.1) is 6.04 Å². The summed E-state index contributed by atoms with van der Waals surface area (Å²) in [5.74, 6) is 1.78. The van der Waals surface area contributed by atoms with Crippen molar-refractivity contribution in [2.75, 3.05) is 13.1 Å². The number of carbonyl (C=O) groups is 1. The first-order valence-corrected chi connectivity index (χ1v) is 8.70. The van der Waals surface area contributed by atoms with E-state index < -0.39 is 0 Å². The Morgan fingerprint density at radius 3 is 2.65 bits per heavy atom. The van der Waals surface area contributed by atoms with Gasteiger partial charge in [0.2, 0.25) is 5.91 Å². The van der Waals surface area contributed by atoms with Gasteiger partial charge in [0, 0.05) is 19.1 Å². The largest absolute Gasteiger partial charge is 0.341 e. The molecule has 0 aromatic heterocycles. The van der Waals surface area contributed by atoms with Crippen LogP contribution in [0.25, 0.3) is 0 Å². The van der Waals surface area contributed by atoms with E-state index in [0.717, 1.165) is 31.8 Å². The molecule has 4 unspecified atom stereocenters. The van der Waals surface area contributed by atoms with Crippen molar-refractivity contribution < 1.29 is 4.79 Å². The maximum absolute atomic E-state index is 12.7. The minimum atomic E-state index is 0.0818. The summed E-state index contributed by atoms with van der Waals surface area (Å²) in [6.07, 6.45) is 8.78. The number of piperidine rings is 1. The summed E-state index contributed by atoms with van der Waals surface area (Å²) in [4.78, 5) is 14.8. The smallest absolute Gasteiger partial charge is 0.239 e. The topological polar surface area (TPSA) is 32.3 Å². The van der Waals surface area contributed by atoms with E-state index in [1.807, 2.05) is 0 Å². The number of hydrogen-bond donors (Lipinski definition) is 1. The molecule has 116 valence electrons. The van der Waals surface area contributed by atoms with E-state index in [9.17, 15) is 4.79 Å². The molecule has 1 saturated carbocycles. The number of amides is 1. The van der Waals surface area contributed by atoms with Crippen LogP contribution in [0.5, 0.6) is 0 Å². The first-order chi connectivity index (χ1) is 9.65. The second-order valence-electron chi connectivity index (χ2n) is 6.84. The molecule has 1 saturated heterocycles. The Labute approximate surface area is 124 Å². The van der Waals surface area contributed by atoms with Gasteiger partial charge in [-0.25, -0.2) is 0 Å². The van der Waals surface area contributed by atoms with Crippen LogP contribution in [0.4, 0.5) is 0 Å². The molecule has 3 heteroatoms. The second kappa shape index (κ2) is 7.44. The highest BCUT2D eigenvalue weighted by Gasteiger charge is 2.35. The van der Waals surface area contributed by atoms with E-state index in [4.69, 9.17) is 0 Å². The highest BCUT2D eigenvalue weighted by atomic mass is 16.2. The van der Waals surface area contributed by atoms with Gasteiger partial charge >= 0.3 is 0 Å². The van der Waals surface area contributed by atoms with Crippen molar-refractivity contribution in [2.45, 2.75) is 77.8 Å². The van der Waals surface area contributed by atoms with Crippen LogP contribution in [0.2, 0.25) is 0 Å². The lowest BCUT2D eigenvalue weighted by Crippen LogP contribution is -2.56. The molecule has 1 heterocycles. The fourth-order valence-corrected chi connectivity index (χ4v) is 3.79. The molecule has 0 spiro atoms. The zero-order valence-electron chi connectivity index (χ0n) is 13.5. The van der Waals surface area contributed by atoms with Crippen molar-refractivity contribution >= 4 is 5.91 Å². The Kier molecular flexibility index (Phi) is 5.88. The Morgan fingerprint density at radius 1 is 1.20 bits per heavy atom. The molecular weight excluding hydrogens is 248 g/mol. The molecule has 1 aliphatic heterocycles. The van der Waals surface area contributed by atoms with Gasteiger partial charge < -0.3 is 10.2 Å². The molecule has 0 aromatic carbocycles. The van der Waals surface area contributed by atoms with Crippen LogP contribution in [0.3, 0.4) is 0 Å². The van der Waals surface area contributed by atoms with Gasteiger partial charge in [-0.2, -0.15) is 0 Å². The molecule has 2 fully saturated rings. The maximum atomic E-state index is 12.7. The molecule has 1 N–H and O–H groups in total. The Bertz CT molecular complexity index is 318. The predicted molar refractivity (Wildman–Crippen MR) is 83.6 cm³/mol. The van der Waals surface area contributed by atoms with Crippen molar-refractivity contribution in [1.82, 2.24) is 10.2 Å². The van der Waals surface area contributed by atoms with Gasteiger partial charge in [-0.15, -0.1) is 0 Å². The van der Waals surface area contributed by atoms with Gasteiger partial charge in [-0.1, -0.05) is 33.1 Å². The van der Waals surface area contributed by atoms with E-state index in [1.54, 1.807) is 0 Å². The SMILES string of the molecule is CCC(C)CN(CC)C(=O)C1CCC2CCCCC2N1. The molecule has 20 heavy (non-hydrogen) atoms. The van der Waals surface area contributed by atoms with Crippen LogP contribution in [0.15, 0.2) is 0 Å². The molecule has 1 amide bonds. The zero-order valence-corrected chi connectivity index (χ0v) is 13.5. The average molecular weight is 280 g/mol. The summed E-state index contributed by atoms with van der Waals surface area (Å²) < 4.78 is 0. The van der Waals surface area contributed by atoms with E-state index in [-0.39, 0.29) is 6.04 Å². The third-order valence-corrected chi connectivity index (χ3v) is 5.37. The number of nitrogens with one attached hydrogen (secondary N) is 1. The first-order valence-electron chi connectivity index (χ1n) is 8.70. The quantitative estimate of drug-likeness (QED) is 0.839. The van der Waals surface area contributed by atoms with E-state index in [2.05, 4.69) is 31.0 Å². The molecule has 0 bridgehead atoms. The molecule has 4 atom stereocenters. The number of nitrogens with zero attached hydrogens (tertiary/aromatic N) is 1. The van der Waals surface area contributed by atoms with Crippen LogP contribution in [0, 0.1) is 11.8 Å². The minimum absolute atomic E-state index is 0.0818. The van der Waals surface area contributed by atoms with E-state index in [0.29, 0.717) is 17.9 Å². The summed E-state index contributed by atoms with van der Waals surface area (Å²) >= 11 is 0. The van der Waals surface area contributed by atoms with E-state index in [1.165, 1.54) is 32.1 Å². The van der Waals surface area contributed by atoms with Crippen molar-refractivity contribution in [2.24, 2.45) is 11.8 Å². The highest BCUT2D eigenvalue weighted by molar-refractivity contribution is 5.82. The van der Waals surface area contributed by atoms with Crippen molar-refractivity contribution in [3.63, 3.8) is 0 Å². The normalized spacial score (nSPS) is 31.4. The van der Waals surface area contributed by atoms with Crippen molar-refractivity contribution in [1.29, 1.82) is 0 Å². The van der Waals surface area contributed by atoms with Gasteiger partial charge in [-0.05, 0) is 44.4 Å². The third kappa shape index (κ3) is 3.75. The third-order valence-electron chi connectivity index (χ3n) is 5.37. The van der Waals surface area contributed by atoms with Crippen LogP contribution in [-0.2, 0) is 4.79 Å². The Hall–Kier alpha value is -0.570. The number of carbonyl (C=O) groups excluding carboxylic acids is 1. The monoisotopic (exact) mass is 280 g/mol. The maximum Gasteiger partial charge on any atom is 0.239 e. The zero-order chi connectivity index (χ0) is 14.5. The van der Waals surface area contributed by atoms with Gasteiger partial charge in [0.25, 0.3) is 0 Å². The van der Waals surface area contributed by atoms with Gasteiger partial charge in [0.1, 0.15) is 0 Å². The number of fused-ring (bicyclic) bond motifs is 1.